The highest BCUT2D eigenvalue weighted by Crippen LogP contribution is 2.40. The standard InChI is InChI=1S/C16H18N6OS/c17-21-20-12-7-10(22-5-1-2-6-22)3-4-11(12)16-19-13-8-18-9-14(23)15(13)24-16/h3-4,7,14,18,23H,1-2,5-6,8-9H2. The van der Waals surface area contributed by atoms with E-state index >= 15 is 0 Å². The lowest BCUT2D eigenvalue weighted by Crippen LogP contribution is -2.26. The molecule has 1 atom stereocenters. The average Bonchev–Trinajstić information content (AvgIpc) is 3.25. The third-order valence-corrected chi connectivity index (χ3v) is 5.73. The van der Waals surface area contributed by atoms with Crippen molar-refractivity contribution in [3.05, 3.63) is 39.2 Å². The first-order valence-electron chi connectivity index (χ1n) is 8.09. The molecule has 0 aliphatic carbocycles. The second-order valence-corrected chi connectivity index (χ2v) is 7.09. The molecule has 1 fully saturated rings. The van der Waals surface area contributed by atoms with Crippen LogP contribution in [0.2, 0.25) is 0 Å². The van der Waals surface area contributed by atoms with E-state index in [0.29, 0.717) is 18.8 Å². The number of thiazole rings is 1. The monoisotopic (exact) mass is 342 g/mol. The van der Waals surface area contributed by atoms with Crippen molar-refractivity contribution in [3.8, 4) is 10.6 Å². The predicted octanol–water partition coefficient (Wildman–Crippen LogP) is 3.49. The number of nitrogens with one attached hydrogen (secondary N) is 1. The number of hydrogen-bond acceptors (Lipinski definition) is 6. The van der Waals surface area contributed by atoms with E-state index in [1.165, 1.54) is 24.2 Å². The molecule has 124 valence electrons. The summed E-state index contributed by atoms with van der Waals surface area (Å²) >= 11 is 1.48. The fraction of sp³-hybridized carbons (Fsp3) is 0.438. The molecule has 24 heavy (non-hydrogen) atoms. The van der Waals surface area contributed by atoms with Crippen molar-refractivity contribution >= 4 is 22.7 Å². The molecule has 0 amide bonds. The summed E-state index contributed by atoms with van der Waals surface area (Å²) in [5, 5.41) is 17.9. The Kier molecular flexibility index (Phi) is 4.12. The van der Waals surface area contributed by atoms with Crippen molar-refractivity contribution < 1.29 is 5.11 Å². The summed E-state index contributed by atoms with van der Waals surface area (Å²) in [6.45, 7) is 3.29. The number of aliphatic hydroxyl groups excluding tert-OH is 1. The third kappa shape index (κ3) is 2.74. The van der Waals surface area contributed by atoms with Crippen LogP contribution in [0.1, 0.15) is 29.5 Å². The van der Waals surface area contributed by atoms with E-state index < -0.39 is 6.10 Å². The summed E-state index contributed by atoms with van der Waals surface area (Å²) in [7, 11) is 0. The number of azide groups is 1. The zero-order valence-electron chi connectivity index (χ0n) is 13.1. The maximum atomic E-state index is 10.1. The highest BCUT2D eigenvalue weighted by Gasteiger charge is 2.24. The largest absolute Gasteiger partial charge is 0.386 e. The van der Waals surface area contributed by atoms with Crippen molar-refractivity contribution in [2.75, 3.05) is 24.5 Å². The minimum absolute atomic E-state index is 0.521. The molecule has 0 saturated carbocycles. The fourth-order valence-corrected chi connectivity index (χ4v) is 4.39. The molecular formula is C16H18N6OS. The van der Waals surface area contributed by atoms with E-state index in [4.69, 9.17) is 5.53 Å². The number of aliphatic hydroxyl groups is 1. The molecule has 2 N–H and O–H groups in total. The van der Waals surface area contributed by atoms with E-state index in [9.17, 15) is 5.11 Å². The minimum Gasteiger partial charge on any atom is -0.386 e. The second-order valence-electron chi connectivity index (χ2n) is 6.06. The number of β-amino-alcohol motifs (C(OH)–C–C–N with tert-alkyl or cyclic N) is 1. The van der Waals surface area contributed by atoms with Crippen LogP contribution in [-0.4, -0.2) is 29.7 Å². The zero-order valence-corrected chi connectivity index (χ0v) is 14.0. The van der Waals surface area contributed by atoms with Gasteiger partial charge in [-0.2, -0.15) is 0 Å². The maximum absolute atomic E-state index is 10.1. The van der Waals surface area contributed by atoms with Gasteiger partial charge in [-0.05, 0) is 36.6 Å². The first-order chi connectivity index (χ1) is 11.8. The van der Waals surface area contributed by atoms with Gasteiger partial charge in [-0.1, -0.05) is 5.11 Å². The summed E-state index contributed by atoms with van der Waals surface area (Å²) < 4.78 is 0. The molecule has 0 spiro atoms. The molecule has 2 aliphatic heterocycles. The van der Waals surface area contributed by atoms with Crippen LogP contribution in [0.25, 0.3) is 21.0 Å². The summed E-state index contributed by atoms with van der Waals surface area (Å²) in [4.78, 5) is 10.8. The molecule has 1 aromatic carbocycles. The van der Waals surface area contributed by atoms with Crippen LogP contribution < -0.4 is 10.2 Å². The van der Waals surface area contributed by atoms with Crippen LogP contribution in [0.15, 0.2) is 23.3 Å². The maximum Gasteiger partial charge on any atom is 0.124 e. The molecule has 3 heterocycles. The Morgan fingerprint density at radius 3 is 2.96 bits per heavy atom. The molecule has 1 unspecified atom stereocenters. The van der Waals surface area contributed by atoms with Gasteiger partial charge < -0.3 is 15.3 Å². The topological polar surface area (TPSA) is 97.2 Å². The number of anilines is 1. The van der Waals surface area contributed by atoms with Gasteiger partial charge >= 0.3 is 0 Å². The van der Waals surface area contributed by atoms with E-state index in [2.05, 4.69) is 31.3 Å². The number of benzene rings is 1. The van der Waals surface area contributed by atoms with E-state index in [0.717, 1.165) is 39.9 Å². The van der Waals surface area contributed by atoms with Gasteiger partial charge in [0.05, 0.1) is 10.6 Å². The van der Waals surface area contributed by atoms with Gasteiger partial charge in [0, 0.05) is 48.0 Å². The predicted molar refractivity (Wildman–Crippen MR) is 94.5 cm³/mol. The Morgan fingerprint density at radius 2 is 2.21 bits per heavy atom. The zero-order chi connectivity index (χ0) is 16.5. The lowest BCUT2D eigenvalue weighted by atomic mass is 10.1. The van der Waals surface area contributed by atoms with Crippen molar-refractivity contribution in [1.82, 2.24) is 10.3 Å². The lowest BCUT2D eigenvalue weighted by Gasteiger charge is -2.18. The number of nitrogens with zero attached hydrogens (tertiary/aromatic N) is 5. The van der Waals surface area contributed by atoms with Gasteiger partial charge in [-0.25, -0.2) is 4.98 Å². The number of hydrogen-bond donors (Lipinski definition) is 2. The van der Waals surface area contributed by atoms with Crippen LogP contribution in [0.5, 0.6) is 0 Å². The molecular weight excluding hydrogens is 324 g/mol. The molecule has 1 aromatic heterocycles. The molecule has 8 heteroatoms. The van der Waals surface area contributed by atoms with Gasteiger partial charge in [0.15, 0.2) is 0 Å². The van der Waals surface area contributed by atoms with Gasteiger partial charge in [0.1, 0.15) is 11.1 Å². The number of rotatable bonds is 3. The Bertz CT molecular complexity index is 807. The first-order valence-corrected chi connectivity index (χ1v) is 8.91. The molecule has 0 radical (unpaired) electrons. The Balaban J connectivity index is 1.75. The van der Waals surface area contributed by atoms with Crippen LogP contribution in [0.4, 0.5) is 11.4 Å². The fourth-order valence-electron chi connectivity index (χ4n) is 3.29. The number of fused-ring (bicyclic) bond motifs is 1. The van der Waals surface area contributed by atoms with Crippen LogP contribution in [0.3, 0.4) is 0 Å². The van der Waals surface area contributed by atoms with E-state index in [1.807, 2.05) is 12.1 Å². The Labute approximate surface area is 143 Å². The third-order valence-electron chi connectivity index (χ3n) is 4.50. The SMILES string of the molecule is [N-]=[N+]=Nc1cc(N2CCCC2)ccc1-c1nc2c(s1)C(O)CNC2. The molecule has 2 aliphatic rings. The smallest absolute Gasteiger partial charge is 0.124 e. The molecule has 4 rings (SSSR count). The summed E-state index contributed by atoms with van der Waals surface area (Å²) in [5.41, 5.74) is 12.3. The van der Waals surface area contributed by atoms with E-state index in [1.54, 1.807) is 0 Å². The molecule has 0 bridgehead atoms. The van der Waals surface area contributed by atoms with Gasteiger partial charge in [-0.15, -0.1) is 11.3 Å². The average molecular weight is 342 g/mol. The van der Waals surface area contributed by atoms with Crippen LogP contribution in [0, 0.1) is 0 Å². The van der Waals surface area contributed by atoms with E-state index in [-0.39, 0.29) is 0 Å². The molecule has 2 aromatic rings. The van der Waals surface area contributed by atoms with Crippen molar-refractivity contribution in [2.45, 2.75) is 25.5 Å². The Hall–Kier alpha value is -2.12. The summed E-state index contributed by atoms with van der Waals surface area (Å²) in [6, 6.07) is 5.98. The lowest BCUT2D eigenvalue weighted by molar-refractivity contribution is 0.168. The quantitative estimate of drug-likeness (QED) is 0.507. The van der Waals surface area contributed by atoms with Gasteiger partial charge in [0.2, 0.25) is 0 Å². The first kappa shape index (κ1) is 15.4. The summed E-state index contributed by atoms with van der Waals surface area (Å²) in [6.07, 6.45) is 1.87. The summed E-state index contributed by atoms with van der Waals surface area (Å²) in [5.74, 6) is 0. The minimum atomic E-state index is -0.521. The Morgan fingerprint density at radius 1 is 1.38 bits per heavy atom. The molecule has 7 nitrogen and oxygen atoms in total. The molecule has 1 saturated heterocycles. The van der Waals surface area contributed by atoms with Crippen LogP contribution in [-0.2, 0) is 6.54 Å². The van der Waals surface area contributed by atoms with Crippen LogP contribution >= 0.6 is 11.3 Å². The van der Waals surface area contributed by atoms with Crippen molar-refractivity contribution in [2.24, 2.45) is 5.11 Å². The van der Waals surface area contributed by atoms with Gasteiger partial charge in [0.25, 0.3) is 0 Å². The highest BCUT2D eigenvalue weighted by atomic mass is 32.1. The van der Waals surface area contributed by atoms with Crippen molar-refractivity contribution in [1.29, 1.82) is 0 Å². The highest BCUT2D eigenvalue weighted by molar-refractivity contribution is 7.15. The number of aromatic nitrogens is 1. The van der Waals surface area contributed by atoms with Crippen molar-refractivity contribution in [3.63, 3.8) is 0 Å². The second kappa shape index (κ2) is 6.41. The normalized spacial score (nSPS) is 19.9. The van der Waals surface area contributed by atoms with Gasteiger partial charge in [-0.3, -0.25) is 0 Å².